The molecule has 4 rings (SSSR count). The van der Waals surface area contributed by atoms with Gasteiger partial charge in [0.15, 0.2) is 0 Å². The summed E-state index contributed by atoms with van der Waals surface area (Å²) in [5.41, 5.74) is 9.56. The first-order valence-electron chi connectivity index (χ1n) is 10.4. The summed E-state index contributed by atoms with van der Waals surface area (Å²) >= 11 is 6.51. The summed E-state index contributed by atoms with van der Waals surface area (Å²) in [5, 5.41) is 3.31. The van der Waals surface area contributed by atoms with E-state index in [1.54, 1.807) is 48.4 Å². The molecule has 3 N–H and O–H groups in total. The van der Waals surface area contributed by atoms with E-state index in [0.717, 1.165) is 18.4 Å². The van der Waals surface area contributed by atoms with E-state index in [1.807, 2.05) is 12.1 Å². The molecule has 0 aliphatic heterocycles. The van der Waals surface area contributed by atoms with Crippen LogP contribution < -0.4 is 16.0 Å². The van der Waals surface area contributed by atoms with Gasteiger partial charge >= 0.3 is 0 Å². The van der Waals surface area contributed by atoms with Crippen molar-refractivity contribution in [2.24, 2.45) is 5.92 Å². The Morgan fingerprint density at radius 3 is 2.53 bits per heavy atom. The lowest BCUT2D eigenvalue weighted by molar-refractivity contribution is -0.116. The lowest BCUT2D eigenvalue weighted by Crippen LogP contribution is -2.30. The Kier molecular flexibility index (Phi) is 6.37. The molecule has 0 bridgehead atoms. The molecule has 1 aliphatic rings. The summed E-state index contributed by atoms with van der Waals surface area (Å²) in [6.07, 6.45) is 5.38. The molecule has 32 heavy (non-hydrogen) atoms. The minimum absolute atomic E-state index is 0.0192. The Hall–Kier alpha value is -3.45. The Morgan fingerprint density at radius 2 is 1.94 bits per heavy atom. The van der Waals surface area contributed by atoms with Crippen molar-refractivity contribution in [3.8, 4) is 11.3 Å². The highest BCUT2D eigenvalue weighted by molar-refractivity contribution is 6.34. The summed E-state index contributed by atoms with van der Waals surface area (Å²) in [4.78, 5) is 34.8. The average Bonchev–Trinajstić information content (AvgIpc) is 3.61. The predicted octanol–water partition coefficient (Wildman–Crippen LogP) is 4.07. The molecule has 8 heteroatoms. The normalized spacial score (nSPS) is 12.9. The number of nitrogens with two attached hydrogens (primary N) is 1. The van der Waals surface area contributed by atoms with Crippen molar-refractivity contribution in [1.29, 1.82) is 0 Å². The molecule has 0 atom stereocenters. The number of benzene rings is 1. The van der Waals surface area contributed by atoms with Gasteiger partial charge in [-0.15, -0.1) is 0 Å². The fourth-order valence-corrected chi connectivity index (χ4v) is 3.64. The lowest BCUT2D eigenvalue weighted by atomic mass is 10.1. The maximum atomic E-state index is 12.4. The monoisotopic (exact) mass is 449 g/mol. The van der Waals surface area contributed by atoms with Gasteiger partial charge in [0, 0.05) is 25.2 Å². The second-order valence-electron chi connectivity index (χ2n) is 7.94. The van der Waals surface area contributed by atoms with E-state index in [4.69, 9.17) is 17.3 Å². The Bertz CT molecular complexity index is 1130. The van der Waals surface area contributed by atoms with Gasteiger partial charge in [0.1, 0.15) is 0 Å². The second-order valence-corrected chi connectivity index (χ2v) is 8.34. The smallest absolute Gasteiger partial charge is 0.253 e. The van der Waals surface area contributed by atoms with Gasteiger partial charge in [-0.2, -0.15) is 0 Å². The van der Waals surface area contributed by atoms with Gasteiger partial charge in [-0.25, -0.2) is 0 Å². The molecule has 1 aromatic carbocycles. The van der Waals surface area contributed by atoms with Crippen LogP contribution in [-0.2, 0) is 11.3 Å². The van der Waals surface area contributed by atoms with Crippen LogP contribution in [0.3, 0.4) is 0 Å². The molecule has 7 nitrogen and oxygen atoms in total. The van der Waals surface area contributed by atoms with Crippen LogP contribution in [-0.4, -0.2) is 28.3 Å². The van der Waals surface area contributed by atoms with Gasteiger partial charge in [-0.05, 0) is 55.2 Å². The molecule has 0 saturated heterocycles. The first-order valence-corrected chi connectivity index (χ1v) is 10.8. The Balaban J connectivity index is 1.43. The highest BCUT2D eigenvalue weighted by Gasteiger charge is 2.27. The van der Waals surface area contributed by atoms with Gasteiger partial charge in [0.25, 0.3) is 5.91 Å². The van der Waals surface area contributed by atoms with Crippen molar-refractivity contribution in [2.75, 3.05) is 17.2 Å². The quantitative estimate of drug-likeness (QED) is 0.566. The molecule has 0 radical (unpaired) electrons. The number of nitrogens with zero attached hydrogens (tertiary/aromatic N) is 3. The number of anilines is 2. The molecule has 1 fully saturated rings. The van der Waals surface area contributed by atoms with E-state index >= 15 is 0 Å². The van der Waals surface area contributed by atoms with Crippen molar-refractivity contribution < 1.29 is 9.59 Å². The van der Waals surface area contributed by atoms with E-state index in [-0.39, 0.29) is 11.8 Å². The average molecular weight is 450 g/mol. The van der Waals surface area contributed by atoms with Crippen molar-refractivity contribution >= 4 is 34.8 Å². The van der Waals surface area contributed by atoms with Crippen LogP contribution in [0, 0.1) is 5.92 Å². The number of nitrogens with one attached hydrogen (secondary N) is 1. The minimum Gasteiger partial charge on any atom is -0.397 e. The zero-order valence-corrected chi connectivity index (χ0v) is 18.5. The Labute approximate surface area is 191 Å². The van der Waals surface area contributed by atoms with Crippen LogP contribution in [0.1, 0.15) is 35.8 Å². The van der Waals surface area contributed by atoms with E-state index in [1.165, 1.54) is 6.20 Å². The summed E-state index contributed by atoms with van der Waals surface area (Å²) < 4.78 is 0. The summed E-state index contributed by atoms with van der Waals surface area (Å²) in [6.45, 7) is 2.55. The number of hydrogen-bond acceptors (Lipinski definition) is 5. The molecule has 164 valence electrons. The van der Waals surface area contributed by atoms with Crippen molar-refractivity contribution in [3.63, 3.8) is 0 Å². The molecule has 2 amide bonds. The van der Waals surface area contributed by atoms with Gasteiger partial charge in [-0.1, -0.05) is 17.7 Å². The number of nitrogen functional groups attached to an aromatic ring is 1. The predicted molar refractivity (Wildman–Crippen MR) is 125 cm³/mol. The van der Waals surface area contributed by atoms with Crippen LogP contribution in [0.4, 0.5) is 11.4 Å². The van der Waals surface area contributed by atoms with Gasteiger partial charge in [0.2, 0.25) is 5.91 Å². The zero-order chi connectivity index (χ0) is 22.7. The molecular weight excluding hydrogens is 426 g/mol. The van der Waals surface area contributed by atoms with Gasteiger partial charge in [0.05, 0.1) is 46.1 Å². The number of rotatable bonds is 7. The van der Waals surface area contributed by atoms with E-state index in [2.05, 4.69) is 15.3 Å². The second kappa shape index (κ2) is 9.36. The van der Waals surface area contributed by atoms with Crippen molar-refractivity contribution in [3.05, 3.63) is 71.1 Å². The minimum atomic E-state index is -0.242. The molecule has 1 saturated carbocycles. The maximum absolute atomic E-state index is 12.4. The number of aromatic nitrogens is 2. The molecule has 0 unspecified atom stereocenters. The third-order valence-electron chi connectivity index (χ3n) is 5.36. The number of pyridine rings is 2. The third kappa shape index (κ3) is 5.23. The van der Waals surface area contributed by atoms with Crippen molar-refractivity contribution in [1.82, 2.24) is 15.3 Å². The standard InChI is InChI=1S/C24H24ClN5O2/c1-15(31)30(14-16-2-3-16)23-9-5-17(10-21(23)25)22-8-4-18(11-28-22)24(32)29-13-20-7-6-19(26)12-27-20/h4-12,16H,2-3,13-14,26H2,1H3,(H,29,32). The maximum Gasteiger partial charge on any atom is 0.253 e. The topological polar surface area (TPSA) is 101 Å². The highest BCUT2D eigenvalue weighted by atomic mass is 35.5. The van der Waals surface area contributed by atoms with Crippen LogP contribution in [0.2, 0.25) is 5.02 Å². The van der Waals surface area contributed by atoms with E-state index in [0.29, 0.717) is 52.4 Å². The first-order chi connectivity index (χ1) is 15.4. The van der Waals surface area contributed by atoms with E-state index < -0.39 is 0 Å². The van der Waals surface area contributed by atoms with Gasteiger partial charge in [-0.3, -0.25) is 19.6 Å². The third-order valence-corrected chi connectivity index (χ3v) is 5.66. The highest BCUT2D eigenvalue weighted by Crippen LogP contribution is 2.35. The first kappa shape index (κ1) is 21.8. The van der Waals surface area contributed by atoms with E-state index in [9.17, 15) is 9.59 Å². The summed E-state index contributed by atoms with van der Waals surface area (Å²) in [6, 6.07) is 12.5. The number of carbonyl (C=O) groups excluding carboxylic acids is 2. The number of carbonyl (C=O) groups is 2. The fourth-order valence-electron chi connectivity index (χ4n) is 3.35. The van der Waals surface area contributed by atoms with Crippen molar-refractivity contribution in [2.45, 2.75) is 26.3 Å². The number of halogens is 1. The lowest BCUT2D eigenvalue weighted by Gasteiger charge is -2.22. The Morgan fingerprint density at radius 1 is 1.12 bits per heavy atom. The van der Waals surface area contributed by atoms with Gasteiger partial charge < -0.3 is 16.0 Å². The van der Waals surface area contributed by atoms with Crippen LogP contribution in [0.5, 0.6) is 0 Å². The molecule has 2 heterocycles. The fraction of sp³-hybridized carbons (Fsp3) is 0.250. The molecular formula is C24H24ClN5O2. The number of amides is 2. The molecule has 1 aliphatic carbocycles. The molecule has 0 spiro atoms. The molecule has 3 aromatic rings. The summed E-state index contributed by atoms with van der Waals surface area (Å²) in [7, 11) is 0. The summed E-state index contributed by atoms with van der Waals surface area (Å²) in [5.74, 6) is 0.299. The largest absolute Gasteiger partial charge is 0.397 e. The zero-order valence-electron chi connectivity index (χ0n) is 17.7. The van der Waals surface area contributed by atoms with Crippen LogP contribution in [0.25, 0.3) is 11.3 Å². The van der Waals surface area contributed by atoms with Crippen LogP contribution >= 0.6 is 11.6 Å². The SMILES string of the molecule is CC(=O)N(CC1CC1)c1ccc(-c2ccc(C(=O)NCc3ccc(N)cn3)cn2)cc1Cl. The van der Waals surface area contributed by atoms with Crippen LogP contribution in [0.15, 0.2) is 54.9 Å². The number of hydrogen-bond donors (Lipinski definition) is 2. The molecule has 2 aromatic heterocycles.